The minimum atomic E-state index is -1.21. The van der Waals surface area contributed by atoms with Gasteiger partial charge in [-0.3, -0.25) is 4.79 Å². The van der Waals surface area contributed by atoms with E-state index in [9.17, 15) is 14.7 Å². The van der Waals surface area contributed by atoms with E-state index in [-0.39, 0.29) is 18.1 Å². The van der Waals surface area contributed by atoms with Crippen LogP contribution in [-0.4, -0.2) is 46.2 Å². The van der Waals surface area contributed by atoms with Gasteiger partial charge in [0.1, 0.15) is 0 Å². The highest BCUT2D eigenvalue weighted by atomic mass is 32.2. The Bertz CT molecular complexity index is 222. The van der Waals surface area contributed by atoms with Crippen molar-refractivity contribution in [3.63, 3.8) is 0 Å². The van der Waals surface area contributed by atoms with Gasteiger partial charge in [-0.1, -0.05) is 6.92 Å². The average Bonchev–Trinajstić information content (AvgIpc) is 2.14. The van der Waals surface area contributed by atoms with Crippen LogP contribution in [0.15, 0.2) is 0 Å². The van der Waals surface area contributed by atoms with Gasteiger partial charge < -0.3 is 15.5 Å². The first-order chi connectivity index (χ1) is 7.02. The van der Waals surface area contributed by atoms with Gasteiger partial charge in [0.05, 0.1) is 6.10 Å². The van der Waals surface area contributed by atoms with Gasteiger partial charge in [0, 0.05) is 12.2 Å². The molecule has 3 N–H and O–H groups in total. The maximum atomic E-state index is 11.2. The SMILES string of the molecule is CCCC(=O)N[C@H](C(=O)O)C(O)CSC. The number of carboxylic acid groups (broad SMARTS) is 1. The Morgan fingerprint density at radius 1 is 1.47 bits per heavy atom. The number of rotatable bonds is 7. The number of nitrogens with one attached hydrogen (secondary N) is 1. The molecule has 0 fully saturated rings. The molecule has 6 heteroatoms. The van der Waals surface area contributed by atoms with Gasteiger partial charge in [0.15, 0.2) is 6.04 Å². The molecule has 0 bridgehead atoms. The lowest BCUT2D eigenvalue weighted by atomic mass is 10.1. The van der Waals surface area contributed by atoms with E-state index < -0.39 is 18.1 Å². The molecular weight excluding hydrogens is 218 g/mol. The number of aliphatic hydroxyl groups is 1. The van der Waals surface area contributed by atoms with Crippen molar-refractivity contribution in [1.29, 1.82) is 0 Å². The van der Waals surface area contributed by atoms with Crippen LogP contribution in [0, 0.1) is 0 Å². The third-order valence-electron chi connectivity index (χ3n) is 1.78. The van der Waals surface area contributed by atoms with Crippen LogP contribution < -0.4 is 5.32 Å². The van der Waals surface area contributed by atoms with E-state index in [1.807, 2.05) is 6.92 Å². The van der Waals surface area contributed by atoms with Gasteiger partial charge in [0.2, 0.25) is 5.91 Å². The normalized spacial score (nSPS) is 14.3. The number of hydrogen-bond donors (Lipinski definition) is 3. The highest BCUT2D eigenvalue weighted by Gasteiger charge is 2.27. The summed E-state index contributed by atoms with van der Waals surface area (Å²) in [6.07, 6.45) is 1.63. The molecule has 0 aliphatic heterocycles. The van der Waals surface area contributed by atoms with Gasteiger partial charge in [-0.25, -0.2) is 4.79 Å². The molecule has 0 aliphatic rings. The van der Waals surface area contributed by atoms with Crippen molar-refractivity contribution in [2.24, 2.45) is 0 Å². The number of carboxylic acids is 1. The highest BCUT2D eigenvalue weighted by Crippen LogP contribution is 2.03. The van der Waals surface area contributed by atoms with Crippen molar-refractivity contribution in [2.45, 2.75) is 31.9 Å². The Morgan fingerprint density at radius 2 is 2.07 bits per heavy atom. The number of amides is 1. The Balaban J connectivity index is 4.27. The molecule has 1 amide bonds. The molecule has 0 saturated heterocycles. The molecule has 0 radical (unpaired) electrons. The van der Waals surface area contributed by atoms with Crippen LogP contribution in [-0.2, 0) is 9.59 Å². The average molecular weight is 235 g/mol. The summed E-state index contributed by atoms with van der Waals surface area (Å²) in [7, 11) is 0. The molecule has 0 heterocycles. The number of aliphatic carboxylic acids is 1. The fraction of sp³-hybridized carbons (Fsp3) is 0.778. The van der Waals surface area contributed by atoms with Crippen LogP contribution in [0.3, 0.4) is 0 Å². The first kappa shape index (κ1) is 14.2. The lowest BCUT2D eigenvalue weighted by molar-refractivity contribution is -0.144. The second-order valence-electron chi connectivity index (χ2n) is 3.16. The Morgan fingerprint density at radius 3 is 2.47 bits per heavy atom. The third kappa shape index (κ3) is 5.64. The summed E-state index contributed by atoms with van der Waals surface area (Å²) in [5.41, 5.74) is 0. The van der Waals surface area contributed by atoms with Gasteiger partial charge in [-0.15, -0.1) is 0 Å². The van der Waals surface area contributed by atoms with E-state index in [0.717, 1.165) is 0 Å². The van der Waals surface area contributed by atoms with Crippen LogP contribution in [0.2, 0.25) is 0 Å². The molecule has 0 aliphatic carbocycles. The number of thioether (sulfide) groups is 1. The predicted octanol–water partition coefficient (Wildman–Crippen LogP) is 0.0798. The molecule has 2 atom stereocenters. The van der Waals surface area contributed by atoms with Gasteiger partial charge >= 0.3 is 5.97 Å². The van der Waals surface area contributed by atoms with Crippen molar-refractivity contribution in [2.75, 3.05) is 12.0 Å². The molecular formula is C9H17NO4S. The number of carbonyl (C=O) groups is 2. The Kier molecular flexibility index (Phi) is 7.15. The molecule has 0 aromatic heterocycles. The quantitative estimate of drug-likeness (QED) is 0.582. The molecule has 88 valence electrons. The first-order valence-corrected chi connectivity index (χ1v) is 6.11. The molecule has 1 unspecified atom stereocenters. The zero-order chi connectivity index (χ0) is 11.8. The summed E-state index contributed by atoms with van der Waals surface area (Å²) < 4.78 is 0. The summed E-state index contributed by atoms with van der Waals surface area (Å²) in [6, 6.07) is -1.21. The Hall–Kier alpha value is -0.750. The first-order valence-electron chi connectivity index (χ1n) is 4.72. The molecule has 15 heavy (non-hydrogen) atoms. The van der Waals surface area contributed by atoms with Gasteiger partial charge in [0.25, 0.3) is 0 Å². The Labute approximate surface area is 93.2 Å². The number of aliphatic hydroxyl groups excluding tert-OH is 1. The van der Waals surface area contributed by atoms with E-state index in [4.69, 9.17) is 5.11 Å². The molecule has 0 spiro atoms. The fourth-order valence-electron chi connectivity index (χ4n) is 1.06. The van der Waals surface area contributed by atoms with Crippen molar-refractivity contribution in [3.8, 4) is 0 Å². The van der Waals surface area contributed by atoms with Crippen LogP contribution in [0.5, 0.6) is 0 Å². The minimum absolute atomic E-state index is 0.274. The van der Waals surface area contributed by atoms with Gasteiger partial charge in [-0.05, 0) is 12.7 Å². The van der Waals surface area contributed by atoms with Crippen molar-refractivity contribution < 1.29 is 19.8 Å². The molecule has 0 aromatic rings. The number of carbonyl (C=O) groups excluding carboxylic acids is 1. The monoisotopic (exact) mass is 235 g/mol. The van der Waals surface area contributed by atoms with Gasteiger partial charge in [-0.2, -0.15) is 11.8 Å². The van der Waals surface area contributed by atoms with Crippen molar-refractivity contribution >= 4 is 23.6 Å². The largest absolute Gasteiger partial charge is 0.480 e. The predicted molar refractivity (Wildman–Crippen MR) is 58.9 cm³/mol. The minimum Gasteiger partial charge on any atom is -0.480 e. The zero-order valence-corrected chi connectivity index (χ0v) is 9.71. The topological polar surface area (TPSA) is 86.6 Å². The maximum Gasteiger partial charge on any atom is 0.328 e. The number of hydrogen-bond acceptors (Lipinski definition) is 4. The maximum absolute atomic E-state index is 11.2. The summed E-state index contributed by atoms with van der Waals surface area (Å²) in [4.78, 5) is 21.9. The molecule has 0 rings (SSSR count). The fourth-order valence-corrected chi connectivity index (χ4v) is 1.60. The highest BCUT2D eigenvalue weighted by molar-refractivity contribution is 7.98. The second kappa shape index (κ2) is 7.53. The van der Waals surface area contributed by atoms with Crippen molar-refractivity contribution in [3.05, 3.63) is 0 Å². The lowest BCUT2D eigenvalue weighted by Crippen LogP contribution is -2.49. The standard InChI is InChI=1S/C9H17NO4S/c1-3-4-7(12)10-8(9(13)14)6(11)5-15-2/h6,8,11H,3-5H2,1-2H3,(H,10,12)(H,13,14)/t6?,8-/m0/s1. The summed E-state index contributed by atoms with van der Waals surface area (Å²) in [5.74, 6) is -1.27. The second-order valence-corrected chi connectivity index (χ2v) is 4.07. The van der Waals surface area contributed by atoms with E-state index in [2.05, 4.69) is 5.32 Å². The van der Waals surface area contributed by atoms with Crippen LogP contribution in [0.25, 0.3) is 0 Å². The van der Waals surface area contributed by atoms with Crippen LogP contribution >= 0.6 is 11.8 Å². The molecule has 5 nitrogen and oxygen atoms in total. The zero-order valence-electron chi connectivity index (χ0n) is 8.90. The van der Waals surface area contributed by atoms with Crippen LogP contribution in [0.1, 0.15) is 19.8 Å². The summed E-state index contributed by atoms with van der Waals surface area (Å²) >= 11 is 1.33. The molecule has 0 aromatic carbocycles. The van der Waals surface area contributed by atoms with Crippen molar-refractivity contribution in [1.82, 2.24) is 5.32 Å². The van der Waals surface area contributed by atoms with E-state index >= 15 is 0 Å². The van der Waals surface area contributed by atoms with E-state index in [0.29, 0.717) is 6.42 Å². The summed E-state index contributed by atoms with van der Waals surface area (Å²) in [5, 5.41) is 20.6. The van der Waals surface area contributed by atoms with E-state index in [1.54, 1.807) is 6.26 Å². The lowest BCUT2D eigenvalue weighted by Gasteiger charge is -2.19. The smallest absolute Gasteiger partial charge is 0.328 e. The molecule has 0 saturated carbocycles. The van der Waals surface area contributed by atoms with E-state index in [1.165, 1.54) is 11.8 Å². The van der Waals surface area contributed by atoms with Crippen LogP contribution in [0.4, 0.5) is 0 Å². The third-order valence-corrected chi connectivity index (χ3v) is 2.46. The summed E-state index contributed by atoms with van der Waals surface area (Å²) in [6.45, 7) is 1.83.